The highest BCUT2D eigenvalue weighted by Crippen LogP contribution is 2.49. The van der Waals surface area contributed by atoms with Crippen molar-refractivity contribution < 1.29 is 27.3 Å². The summed E-state index contributed by atoms with van der Waals surface area (Å²) < 4.78 is 50.5. The molecule has 1 spiro atoms. The number of aromatic nitrogens is 2. The molecule has 4 fully saturated rings. The van der Waals surface area contributed by atoms with Gasteiger partial charge in [0.1, 0.15) is 28.7 Å². The number of carbonyl (C=O) groups excluding carboxylic acids is 1. The minimum atomic E-state index is -4.59. The van der Waals surface area contributed by atoms with Crippen LogP contribution in [0.2, 0.25) is 0 Å². The van der Waals surface area contributed by atoms with E-state index in [1.54, 1.807) is 12.1 Å². The molecule has 2 aliphatic carbocycles. The molecule has 9 rings (SSSR count). The van der Waals surface area contributed by atoms with Gasteiger partial charge in [-0.25, -0.2) is 22.5 Å². The van der Waals surface area contributed by atoms with Crippen molar-refractivity contribution >= 4 is 44.0 Å². The number of hydrogen-bond donors (Lipinski definition) is 3. The van der Waals surface area contributed by atoms with E-state index in [4.69, 9.17) is 4.74 Å². The first-order chi connectivity index (χ1) is 31.1. The van der Waals surface area contributed by atoms with Gasteiger partial charge in [-0.2, -0.15) is 0 Å². The third kappa shape index (κ3) is 9.31. The van der Waals surface area contributed by atoms with E-state index in [9.17, 15) is 27.7 Å². The molecular formula is C50H60FN7O6S. The topological polar surface area (TPSA) is 163 Å². The lowest BCUT2D eigenvalue weighted by Crippen LogP contribution is -2.63. The van der Waals surface area contributed by atoms with Gasteiger partial charge in [0, 0.05) is 62.8 Å². The number of rotatable bonds is 13. The molecule has 2 atom stereocenters. The highest BCUT2D eigenvalue weighted by atomic mass is 32.2. The minimum Gasteiger partial charge on any atom is -0.455 e. The van der Waals surface area contributed by atoms with Crippen LogP contribution >= 0.6 is 0 Å². The van der Waals surface area contributed by atoms with Crippen molar-refractivity contribution in [1.29, 1.82) is 0 Å². The van der Waals surface area contributed by atoms with Crippen molar-refractivity contribution in [2.75, 3.05) is 42.9 Å². The SMILES string of the molecule is CC(C)c1ccccc1[C@H]1CCC[C@H]1N1CC2(CCN(c3ccc(C(=O)NS(=O)(=O)c4ccc(NCC5CCC(C)(C)CC5)c([N+](=O)[O-])c4)c(Oc4cnc5[nH]cc(F)c5c4)c3)CC2)C1. The molecule has 3 aromatic carbocycles. The summed E-state index contributed by atoms with van der Waals surface area (Å²) in [5.41, 5.74) is 4.34. The Balaban J connectivity index is 0.905. The zero-order chi connectivity index (χ0) is 45.7. The van der Waals surface area contributed by atoms with Crippen molar-refractivity contribution in [3.05, 3.63) is 112 Å². The van der Waals surface area contributed by atoms with Gasteiger partial charge in [-0.15, -0.1) is 0 Å². The van der Waals surface area contributed by atoms with E-state index in [1.807, 2.05) is 0 Å². The minimum absolute atomic E-state index is 0.0491. The number of nitro benzene ring substituents is 1. The molecule has 0 unspecified atom stereocenters. The number of piperidine rings is 1. The number of likely N-dealkylation sites (tertiary alicyclic amines) is 1. The van der Waals surface area contributed by atoms with Crippen LogP contribution in [0.5, 0.6) is 11.5 Å². The Kier molecular flexibility index (Phi) is 12.2. The quantitative estimate of drug-likeness (QED) is 0.0766. The van der Waals surface area contributed by atoms with Crippen LogP contribution in [0, 0.1) is 32.7 Å². The Morgan fingerprint density at radius 3 is 2.49 bits per heavy atom. The number of aromatic amines is 1. The summed E-state index contributed by atoms with van der Waals surface area (Å²) in [4.78, 5) is 37.1. The maximum atomic E-state index is 14.6. The summed E-state index contributed by atoms with van der Waals surface area (Å²) in [6.07, 6.45) is 12.5. The number of fused-ring (bicyclic) bond motifs is 1. The predicted octanol–water partition coefficient (Wildman–Crippen LogP) is 10.5. The smallest absolute Gasteiger partial charge is 0.293 e. The van der Waals surface area contributed by atoms with Gasteiger partial charge in [-0.05, 0) is 121 Å². The molecule has 0 radical (unpaired) electrons. The normalized spacial score (nSPS) is 21.1. The number of sulfonamides is 1. The molecule has 4 aliphatic rings. The van der Waals surface area contributed by atoms with E-state index < -0.39 is 37.3 Å². The van der Waals surface area contributed by atoms with Crippen molar-refractivity contribution in [3.63, 3.8) is 0 Å². The molecule has 65 heavy (non-hydrogen) atoms. The summed E-state index contributed by atoms with van der Waals surface area (Å²) in [6.45, 7) is 13.3. The first-order valence-corrected chi connectivity index (χ1v) is 24.7. The van der Waals surface area contributed by atoms with Crippen LogP contribution in [0.15, 0.2) is 84.0 Å². The van der Waals surface area contributed by atoms with Gasteiger partial charge in [0.05, 0.1) is 27.0 Å². The molecule has 1 amide bonds. The predicted molar refractivity (Wildman–Crippen MR) is 251 cm³/mol. The summed E-state index contributed by atoms with van der Waals surface area (Å²) in [7, 11) is -4.59. The summed E-state index contributed by atoms with van der Waals surface area (Å²) in [6, 6.07) is 19.6. The Morgan fingerprint density at radius 2 is 1.75 bits per heavy atom. The van der Waals surface area contributed by atoms with Crippen LogP contribution in [0.3, 0.4) is 0 Å². The maximum Gasteiger partial charge on any atom is 0.293 e. The van der Waals surface area contributed by atoms with Gasteiger partial charge in [0.25, 0.3) is 21.6 Å². The van der Waals surface area contributed by atoms with E-state index in [1.165, 1.54) is 67.0 Å². The first kappa shape index (κ1) is 44.7. The van der Waals surface area contributed by atoms with Gasteiger partial charge in [-0.1, -0.05) is 58.4 Å². The fourth-order valence-electron chi connectivity index (χ4n) is 11.0. The summed E-state index contributed by atoms with van der Waals surface area (Å²) in [5, 5.41) is 15.6. The van der Waals surface area contributed by atoms with E-state index in [2.05, 4.69) is 81.8 Å². The second-order valence-electron chi connectivity index (χ2n) is 20.1. The number of halogens is 1. The van der Waals surface area contributed by atoms with Crippen molar-refractivity contribution in [2.45, 2.75) is 108 Å². The van der Waals surface area contributed by atoms with Crippen LogP contribution in [0.4, 0.5) is 21.5 Å². The molecule has 2 saturated heterocycles. The molecule has 344 valence electrons. The van der Waals surface area contributed by atoms with E-state index in [0.717, 1.165) is 76.5 Å². The fraction of sp³-hybridized carbons (Fsp3) is 0.480. The number of nitrogens with one attached hydrogen (secondary N) is 3. The molecule has 5 aromatic rings. The lowest BCUT2D eigenvalue weighted by molar-refractivity contribution is -0.384. The highest BCUT2D eigenvalue weighted by Gasteiger charge is 2.49. The third-order valence-corrected chi connectivity index (χ3v) is 16.2. The van der Waals surface area contributed by atoms with Crippen LogP contribution < -0.4 is 19.7 Å². The van der Waals surface area contributed by atoms with Crippen molar-refractivity contribution in [1.82, 2.24) is 19.6 Å². The number of H-pyrrole nitrogens is 1. The van der Waals surface area contributed by atoms with Gasteiger partial charge < -0.3 is 19.9 Å². The highest BCUT2D eigenvalue weighted by molar-refractivity contribution is 7.90. The number of hydrogen-bond acceptors (Lipinski definition) is 10. The van der Waals surface area contributed by atoms with Crippen LogP contribution in [-0.4, -0.2) is 72.9 Å². The van der Waals surface area contributed by atoms with Crippen LogP contribution in [0.1, 0.15) is 119 Å². The first-order valence-electron chi connectivity index (χ1n) is 23.2. The standard InChI is InChI=1S/C50H60FN7O6S/c1-32(2)37-8-5-6-9-38(37)39-10-7-11-44(39)57-30-50(31-57)20-22-56(23-21-50)34-12-14-40(46(24-34)64-35-25-41-42(51)29-54-47(41)53-28-35)48(59)55-65(62,63)36-13-15-43(45(26-36)58(60)61)52-27-33-16-18-49(3,4)19-17-33/h5-6,8-9,12-15,24-26,28-29,32-33,39,44,52H,7,10-11,16-23,27,30-31H2,1-4H3,(H,53,54)(H,55,59)/t39-,44-/m1/s1. The summed E-state index contributed by atoms with van der Waals surface area (Å²) >= 11 is 0. The Morgan fingerprint density at radius 1 is 1.00 bits per heavy atom. The lowest BCUT2D eigenvalue weighted by Gasteiger charge is -2.57. The summed E-state index contributed by atoms with van der Waals surface area (Å²) in [5.74, 6) is 0.0796. The Bertz CT molecular complexity index is 2690. The molecule has 2 aliphatic heterocycles. The number of nitrogens with zero attached hydrogens (tertiary/aromatic N) is 4. The van der Waals surface area contributed by atoms with E-state index in [-0.39, 0.29) is 39.0 Å². The second-order valence-corrected chi connectivity index (χ2v) is 21.8. The molecule has 3 N–H and O–H groups in total. The number of pyridine rings is 1. The van der Waals surface area contributed by atoms with E-state index in [0.29, 0.717) is 36.0 Å². The monoisotopic (exact) mass is 905 g/mol. The number of ether oxygens (including phenoxy) is 1. The number of carbonyl (C=O) groups is 1. The van der Waals surface area contributed by atoms with Gasteiger partial charge >= 0.3 is 0 Å². The maximum absolute atomic E-state index is 14.6. The van der Waals surface area contributed by atoms with Crippen LogP contribution in [0.25, 0.3) is 11.0 Å². The zero-order valence-electron chi connectivity index (χ0n) is 37.7. The molecular weight excluding hydrogens is 846 g/mol. The Hall–Kier alpha value is -5.54. The molecule has 15 heteroatoms. The number of benzene rings is 3. The van der Waals surface area contributed by atoms with E-state index >= 15 is 0 Å². The largest absolute Gasteiger partial charge is 0.455 e. The third-order valence-electron chi connectivity index (χ3n) is 14.9. The number of nitro groups is 1. The fourth-order valence-corrected chi connectivity index (χ4v) is 12.0. The van der Waals surface area contributed by atoms with Crippen LogP contribution in [-0.2, 0) is 10.0 Å². The van der Waals surface area contributed by atoms with Crippen molar-refractivity contribution in [2.24, 2.45) is 16.7 Å². The lowest BCUT2D eigenvalue weighted by atomic mass is 9.70. The average molecular weight is 906 g/mol. The molecule has 2 saturated carbocycles. The van der Waals surface area contributed by atoms with Crippen molar-refractivity contribution in [3.8, 4) is 11.5 Å². The van der Waals surface area contributed by atoms with Gasteiger partial charge in [0.2, 0.25) is 0 Å². The molecule has 4 heterocycles. The molecule has 2 aromatic heterocycles. The number of anilines is 2. The second kappa shape index (κ2) is 17.7. The molecule has 13 nitrogen and oxygen atoms in total. The number of amides is 1. The zero-order valence-corrected chi connectivity index (χ0v) is 38.6. The Labute approximate surface area is 380 Å². The van der Waals surface area contributed by atoms with Gasteiger partial charge in [0.15, 0.2) is 0 Å². The average Bonchev–Trinajstić information content (AvgIpc) is 3.91. The van der Waals surface area contributed by atoms with Gasteiger partial charge in [-0.3, -0.25) is 19.8 Å². The molecule has 0 bridgehead atoms.